The van der Waals surface area contributed by atoms with E-state index in [0.29, 0.717) is 18.8 Å². The minimum absolute atomic E-state index is 0.663. The average Bonchev–Trinajstić information content (AvgIpc) is 2.53. The Bertz CT molecular complexity index is 640. The number of anilines is 4. The van der Waals surface area contributed by atoms with E-state index < -0.39 is 0 Å². The van der Waals surface area contributed by atoms with E-state index in [2.05, 4.69) is 10.6 Å². The van der Waals surface area contributed by atoms with Gasteiger partial charge in [-0.2, -0.15) is 0 Å². The van der Waals surface area contributed by atoms with Gasteiger partial charge in [0, 0.05) is 13.1 Å². The Labute approximate surface area is 131 Å². The largest absolute Gasteiger partial charge is 0.495 e. The molecule has 0 saturated carbocycles. The van der Waals surface area contributed by atoms with Crippen molar-refractivity contribution in [2.45, 2.75) is 0 Å². The molecule has 116 valence electrons. The van der Waals surface area contributed by atoms with E-state index in [4.69, 9.17) is 16.2 Å². The summed E-state index contributed by atoms with van der Waals surface area (Å²) in [5, 5.41) is 6.51. The van der Waals surface area contributed by atoms with Crippen LogP contribution in [0.25, 0.3) is 0 Å². The van der Waals surface area contributed by atoms with E-state index in [1.54, 1.807) is 7.11 Å². The molecule has 22 heavy (non-hydrogen) atoms. The van der Waals surface area contributed by atoms with Gasteiger partial charge in [0.1, 0.15) is 11.4 Å². The van der Waals surface area contributed by atoms with Crippen molar-refractivity contribution >= 4 is 22.7 Å². The number of ether oxygens (including phenoxy) is 1. The zero-order valence-corrected chi connectivity index (χ0v) is 12.7. The Morgan fingerprint density at radius 1 is 0.909 bits per heavy atom. The van der Waals surface area contributed by atoms with Gasteiger partial charge in [-0.25, -0.2) is 0 Å². The van der Waals surface area contributed by atoms with E-state index in [1.807, 2.05) is 54.6 Å². The second-order valence-electron chi connectivity index (χ2n) is 4.74. The number of nitrogens with one attached hydrogen (secondary N) is 2. The maximum atomic E-state index is 5.94. The highest BCUT2D eigenvalue weighted by Gasteiger charge is 2.04. The van der Waals surface area contributed by atoms with Crippen LogP contribution in [0.4, 0.5) is 22.7 Å². The number of rotatable bonds is 7. The molecular formula is C17H22N4O. The molecule has 0 aromatic heterocycles. The molecule has 0 bridgehead atoms. The number of nitrogen functional groups attached to an aromatic ring is 2. The SMILES string of the molecule is COc1cccc(N)c1NC/C=C/CNc1ccccc1N. The highest BCUT2D eigenvalue weighted by atomic mass is 16.5. The van der Waals surface area contributed by atoms with Gasteiger partial charge >= 0.3 is 0 Å². The van der Waals surface area contributed by atoms with E-state index in [0.717, 1.165) is 22.8 Å². The third kappa shape index (κ3) is 4.09. The van der Waals surface area contributed by atoms with Gasteiger partial charge in [-0.1, -0.05) is 30.4 Å². The van der Waals surface area contributed by atoms with Crippen molar-refractivity contribution in [2.75, 3.05) is 42.3 Å². The lowest BCUT2D eigenvalue weighted by Gasteiger charge is -2.12. The molecular weight excluding hydrogens is 276 g/mol. The van der Waals surface area contributed by atoms with Crippen LogP contribution in [-0.4, -0.2) is 20.2 Å². The standard InChI is InChI=1S/C17H22N4O/c1-22-16-10-6-8-14(19)17(16)21-12-5-4-11-20-15-9-3-2-7-13(15)18/h2-10,20-21H,11-12,18-19H2,1H3/b5-4+. The van der Waals surface area contributed by atoms with Crippen molar-refractivity contribution in [3.63, 3.8) is 0 Å². The fraction of sp³-hybridized carbons (Fsp3) is 0.176. The fourth-order valence-electron chi connectivity index (χ4n) is 2.06. The molecule has 0 spiro atoms. The number of methoxy groups -OCH3 is 1. The minimum atomic E-state index is 0.663. The molecule has 0 fully saturated rings. The zero-order valence-electron chi connectivity index (χ0n) is 12.7. The zero-order chi connectivity index (χ0) is 15.8. The summed E-state index contributed by atoms with van der Waals surface area (Å²) in [7, 11) is 1.63. The predicted octanol–water partition coefficient (Wildman–Crippen LogP) is 2.94. The number of benzene rings is 2. The lowest BCUT2D eigenvalue weighted by Crippen LogP contribution is -2.05. The lowest BCUT2D eigenvalue weighted by molar-refractivity contribution is 0.417. The maximum Gasteiger partial charge on any atom is 0.144 e. The van der Waals surface area contributed by atoms with Crippen molar-refractivity contribution in [3.8, 4) is 5.75 Å². The van der Waals surface area contributed by atoms with Crippen LogP contribution in [0.2, 0.25) is 0 Å². The van der Waals surface area contributed by atoms with Crippen molar-refractivity contribution < 1.29 is 4.74 Å². The maximum absolute atomic E-state index is 5.94. The fourth-order valence-corrected chi connectivity index (χ4v) is 2.06. The van der Waals surface area contributed by atoms with Gasteiger partial charge in [-0.15, -0.1) is 0 Å². The van der Waals surface area contributed by atoms with Gasteiger partial charge in [0.2, 0.25) is 0 Å². The van der Waals surface area contributed by atoms with Gasteiger partial charge in [-0.05, 0) is 24.3 Å². The summed E-state index contributed by atoms with van der Waals surface area (Å²) in [4.78, 5) is 0. The first-order chi connectivity index (χ1) is 10.7. The summed E-state index contributed by atoms with van der Waals surface area (Å²) in [6.07, 6.45) is 4.06. The van der Waals surface area contributed by atoms with Crippen LogP contribution < -0.4 is 26.8 Å². The smallest absolute Gasteiger partial charge is 0.144 e. The monoisotopic (exact) mass is 298 g/mol. The first-order valence-electron chi connectivity index (χ1n) is 7.12. The van der Waals surface area contributed by atoms with Crippen LogP contribution in [-0.2, 0) is 0 Å². The number of hydrogen-bond acceptors (Lipinski definition) is 5. The molecule has 2 aromatic rings. The molecule has 6 N–H and O–H groups in total. The van der Waals surface area contributed by atoms with E-state index in [1.165, 1.54) is 0 Å². The predicted molar refractivity (Wildman–Crippen MR) is 94.4 cm³/mol. The quantitative estimate of drug-likeness (QED) is 0.466. The summed E-state index contributed by atoms with van der Waals surface area (Å²) in [6, 6.07) is 13.3. The molecule has 5 nitrogen and oxygen atoms in total. The Kier molecular flexibility index (Phi) is 5.54. The molecule has 0 aliphatic rings. The van der Waals surface area contributed by atoms with Crippen LogP contribution in [0.1, 0.15) is 0 Å². The Balaban J connectivity index is 1.81. The molecule has 0 aliphatic heterocycles. The average molecular weight is 298 g/mol. The summed E-state index contributed by atoms with van der Waals surface area (Å²) in [5.74, 6) is 0.739. The van der Waals surface area contributed by atoms with Gasteiger partial charge in [0.25, 0.3) is 0 Å². The third-order valence-corrected chi connectivity index (χ3v) is 3.21. The third-order valence-electron chi connectivity index (χ3n) is 3.21. The molecule has 5 heteroatoms. The highest BCUT2D eigenvalue weighted by Crippen LogP contribution is 2.29. The van der Waals surface area contributed by atoms with Gasteiger partial charge in [0.05, 0.1) is 24.2 Å². The molecule has 0 amide bonds. The van der Waals surface area contributed by atoms with Crippen molar-refractivity contribution in [2.24, 2.45) is 0 Å². The normalized spacial score (nSPS) is 10.6. The van der Waals surface area contributed by atoms with Crippen LogP contribution in [0.5, 0.6) is 5.75 Å². The first kappa shape index (κ1) is 15.6. The minimum Gasteiger partial charge on any atom is -0.495 e. The lowest BCUT2D eigenvalue weighted by atomic mass is 10.2. The summed E-state index contributed by atoms with van der Waals surface area (Å²) in [5.41, 5.74) is 15.0. The summed E-state index contributed by atoms with van der Waals surface area (Å²) in [6.45, 7) is 1.37. The highest BCUT2D eigenvalue weighted by molar-refractivity contribution is 5.73. The second-order valence-corrected chi connectivity index (χ2v) is 4.74. The molecule has 0 atom stereocenters. The Hall–Kier alpha value is -2.82. The van der Waals surface area contributed by atoms with Crippen molar-refractivity contribution in [1.82, 2.24) is 0 Å². The molecule has 0 aliphatic carbocycles. The van der Waals surface area contributed by atoms with Crippen LogP contribution >= 0.6 is 0 Å². The summed E-state index contributed by atoms with van der Waals surface area (Å²) < 4.78 is 5.28. The van der Waals surface area contributed by atoms with Crippen LogP contribution in [0, 0.1) is 0 Å². The van der Waals surface area contributed by atoms with Gasteiger partial charge in [0.15, 0.2) is 0 Å². The molecule has 0 saturated heterocycles. The van der Waals surface area contributed by atoms with Crippen LogP contribution in [0.15, 0.2) is 54.6 Å². The van der Waals surface area contributed by atoms with Crippen LogP contribution in [0.3, 0.4) is 0 Å². The number of hydrogen-bond donors (Lipinski definition) is 4. The molecule has 0 heterocycles. The number of nitrogens with two attached hydrogens (primary N) is 2. The molecule has 0 radical (unpaired) electrons. The molecule has 2 aromatic carbocycles. The topological polar surface area (TPSA) is 85.3 Å². The van der Waals surface area contributed by atoms with E-state index in [9.17, 15) is 0 Å². The van der Waals surface area contributed by atoms with E-state index in [-0.39, 0.29) is 0 Å². The van der Waals surface area contributed by atoms with Crippen molar-refractivity contribution in [3.05, 3.63) is 54.6 Å². The second kappa shape index (κ2) is 7.83. The first-order valence-corrected chi connectivity index (χ1v) is 7.12. The van der Waals surface area contributed by atoms with E-state index >= 15 is 0 Å². The molecule has 2 rings (SSSR count). The summed E-state index contributed by atoms with van der Waals surface area (Å²) >= 11 is 0. The van der Waals surface area contributed by atoms with Gasteiger partial charge < -0.3 is 26.8 Å². The van der Waals surface area contributed by atoms with Gasteiger partial charge in [-0.3, -0.25) is 0 Å². The molecule has 0 unspecified atom stereocenters. The number of para-hydroxylation sites is 3. The Morgan fingerprint density at radius 3 is 2.32 bits per heavy atom. The van der Waals surface area contributed by atoms with Crippen molar-refractivity contribution in [1.29, 1.82) is 0 Å². The Morgan fingerprint density at radius 2 is 1.59 bits per heavy atom.